The number of anilines is 1. The Morgan fingerprint density at radius 2 is 1.67 bits per heavy atom. The van der Waals surface area contributed by atoms with E-state index in [-0.39, 0.29) is 18.4 Å². The molecule has 4 rings (SSSR count). The summed E-state index contributed by atoms with van der Waals surface area (Å²) >= 11 is 0. The number of nitrogens with one attached hydrogen (secondary N) is 2. The van der Waals surface area contributed by atoms with Crippen molar-refractivity contribution in [3.8, 4) is 5.75 Å². The number of pyridine rings is 1. The predicted octanol–water partition coefficient (Wildman–Crippen LogP) is 5.59. The summed E-state index contributed by atoms with van der Waals surface area (Å²) < 4.78 is 6.29. The molecule has 1 heterocycles. The van der Waals surface area contributed by atoms with Gasteiger partial charge in [0.05, 0.1) is 6.54 Å². The quantitative estimate of drug-likeness (QED) is 0.239. The van der Waals surface area contributed by atoms with Crippen molar-refractivity contribution < 1.29 is 19.1 Å². The van der Waals surface area contributed by atoms with E-state index in [1.165, 1.54) is 6.08 Å². The molecule has 1 aromatic heterocycles. The number of hydrogen-bond donors (Lipinski definition) is 2. The summed E-state index contributed by atoms with van der Waals surface area (Å²) in [5, 5.41) is 6.46. The third kappa shape index (κ3) is 7.46. The number of carbonyl (C=O) groups excluding carboxylic acids is 3. The second-order valence-corrected chi connectivity index (χ2v) is 10.5. The first kappa shape index (κ1) is 31.0. The first-order valence-corrected chi connectivity index (χ1v) is 14.3. The molecule has 3 aromatic carbocycles. The molecule has 0 bridgehead atoms. The Hall–Kier alpha value is -4.98. The number of fused-ring (bicyclic) bond motifs is 1. The number of carbonyl (C=O) groups is 3. The van der Waals surface area contributed by atoms with Crippen LogP contribution in [0.25, 0.3) is 17.0 Å². The Balaban J connectivity index is 1.39. The highest BCUT2D eigenvalue weighted by molar-refractivity contribution is 5.99. The summed E-state index contributed by atoms with van der Waals surface area (Å²) in [6, 6.07) is 18.8. The van der Waals surface area contributed by atoms with Crippen molar-refractivity contribution in [2.45, 2.75) is 41.2 Å². The van der Waals surface area contributed by atoms with Crippen molar-refractivity contribution in [2.75, 3.05) is 25.0 Å². The number of benzene rings is 3. The SMILES string of the molecule is CCNC(=O)c1ccc(/C=C/C(=O)NCC(=O)N(C)c2ccc(C)c(COc3cccc4c(C)cc(C)nc34)c2C)cc1. The van der Waals surface area contributed by atoms with Crippen molar-refractivity contribution in [3.05, 3.63) is 106 Å². The molecule has 0 aliphatic carbocycles. The van der Waals surface area contributed by atoms with Gasteiger partial charge in [-0.05, 0) is 98.8 Å². The van der Waals surface area contributed by atoms with Crippen LogP contribution in [0.5, 0.6) is 5.75 Å². The maximum atomic E-state index is 13.0. The highest BCUT2D eigenvalue weighted by Gasteiger charge is 2.17. The lowest BCUT2D eigenvalue weighted by Gasteiger charge is -2.23. The minimum absolute atomic E-state index is 0.144. The van der Waals surface area contributed by atoms with E-state index in [0.717, 1.165) is 50.1 Å². The maximum Gasteiger partial charge on any atom is 0.251 e. The molecular formula is C35H38N4O4. The van der Waals surface area contributed by atoms with E-state index >= 15 is 0 Å². The van der Waals surface area contributed by atoms with E-state index in [2.05, 4.69) is 23.6 Å². The third-order valence-electron chi connectivity index (χ3n) is 7.40. The Labute approximate surface area is 252 Å². The molecule has 3 amide bonds. The van der Waals surface area contributed by atoms with Gasteiger partial charge in [-0.25, -0.2) is 4.98 Å². The van der Waals surface area contributed by atoms with Gasteiger partial charge >= 0.3 is 0 Å². The van der Waals surface area contributed by atoms with E-state index < -0.39 is 5.91 Å². The van der Waals surface area contributed by atoms with Gasteiger partial charge in [0.2, 0.25) is 11.8 Å². The Kier molecular flexibility index (Phi) is 9.93. The lowest BCUT2D eigenvalue weighted by Crippen LogP contribution is -2.38. The number of nitrogens with zero attached hydrogens (tertiary/aromatic N) is 2. The minimum atomic E-state index is -0.390. The van der Waals surface area contributed by atoms with E-state index in [0.29, 0.717) is 24.5 Å². The van der Waals surface area contributed by atoms with Crippen molar-refractivity contribution in [2.24, 2.45) is 0 Å². The standard InChI is InChI=1S/C35H38N4O4/c1-7-36-35(42)27-15-12-26(13-16-27)14-18-32(40)37-20-33(41)39(6)30-17-11-22(2)29(25(30)5)21-43-31-10-8-9-28-23(3)19-24(4)38-34(28)31/h8-19H,7,20-21H2,1-6H3,(H,36,42)(H,37,40)/b18-14+. The smallest absolute Gasteiger partial charge is 0.251 e. The zero-order chi connectivity index (χ0) is 31.1. The van der Waals surface area contributed by atoms with Crippen LogP contribution in [0.1, 0.15) is 50.8 Å². The molecule has 0 saturated carbocycles. The summed E-state index contributed by atoms with van der Waals surface area (Å²) in [7, 11) is 1.70. The minimum Gasteiger partial charge on any atom is -0.487 e. The first-order chi connectivity index (χ1) is 20.6. The van der Waals surface area contributed by atoms with Gasteiger partial charge in [-0.1, -0.05) is 30.3 Å². The number of aromatic nitrogens is 1. The summed E-state index contributed by atoms with van der Waals surface area (Å²) in [6.45, 7) is 10.6. The maximum absolute atomic E-state index is 13.0. The number of ether oxygens (including phenoxy) is 1. The molecular weight excluding hydrogens is 540 g/mol. The lowest BCUT2D eigenvalue weighted by atomic mass is 10.0. The van der Waals surface area contributed by atoms with Crippen molar-refractivity contribution >= 4 is 40.4 Å². The van der Waals surface area contributed by atoms with E-state index in [4.69, 9.17) is 9.72 Å². The van der Waals surface area contributed by atoms with Gasteiger partial charge in [-0.15, -0.1) is 0 Å². The van der Waals surface area contributed by atoms with E-state index in [9.17, 15) is 14.4 Å². The fourth-order valence-corrected chi connectivity index (χ4v) is 4.94. The monoisotopic (exact) mass is 578 g/mol. The summed E-state index contributed by atoms with van der Waals surface area (Å²) in [6.07, 6.45) is 3.00. The lowest BCUT2D eigenvalue weighted by molar-refractivity contribution is -0.122. The van der Waals surface area contributed by atoms with Crippen LogP contribution >= 0.6 is 0 Å². The third-order valence-corrected chi connectivity index (χ3v) is 7.40. The molecule has 43 heavy (non-hydrogen) atoms. The average Bonchev–Trinajstić information content (AvgIpc) is 2.99. The molecule has 4 aromatic rings. The molecule has 8 heteroatoms. The zero-order valence-corrected chi connectivity index (χ0v) is 25.6. The first-order valence-electron chi connectivity index (χ1n) is 14.3. The van der Waals surface area contributed by atoms with Crippen LogP contribution in [0.15, 0.2) is 66.7 Å². The predicted molar refractivity (Wildman–Crippen MR) is 171 cm³/mol. The second-order valence-electron chi connectivity index (χ2n) is 10.5. The fraction of sp³-hybridized carbons (Fsp3) is 0.257. The van der Waals surface area contributed by atoms with Crippen LogP contribution in [-0.2, 0) is 16.2 Å². The average molecular weight is 579 g/mol. The van der Waals surface area contributed by atoms with Crippen LogP contribution < -0.4 is 20.3 Å². The molecule has 0 aliphatic heterocycles. The number of para-hydroxylation sites is 1. The number of rotatable bonds is 10. The molecule has 222 valence electrons. The van der Waals surface area contributed by atoms with Gasteiger partial charge in [-0.2, -0.15) is 0 Å². The zero-order valence-electron chi connectivity index (χ0n) is 25.6. The van der Waals surface area contributed by atoms with Crippen molar-refractivity contribution in [3.63, 3.8) is 0 Å². The number of amides is 3. The van der Waals surface area contributed by atoms with Crippen LogP contribution in [0.2, 0.25) is 0 Å². The highest BCUT2D eigenvalue weighted by atomic mass is 16.5. The molecule has 0 atom stereocenters. The largest absolute Gasteiger partial charge is 0.487 e. The molecule has 0 fully saturated rings. The Bertz CT molecular complexity index is 1690. The molecule has 0 spiro atoms. The fourth-order valence-electron chi connectivity index (χ4n) is 4.94. The van der Waals surface area contributed by atoms with Crippen LogP contribution in [0.4, 0.5) is 5.69 Å². The number of aryl methyl sites for hydroxylation is 3. The van der Waals surface area contributed by atoms with Crippen molar-refractivity contribution in [1.82, 2.24) is 15.6 Å². The molecule has 0 unspecified atom stereocenters. The van der Waals surface area contributed by atoms with Gasteiger partial charge in [0.25, 0.3) is 5.91 Å². The second kappa shape index (κ2) is 13.8. The topological polar surface area (TPSA) is 101 Å². The van der Waals surface area contributed by atoms with Gasteiger partial charge in [0.1, 0.15) is 17.9 Å². The Morgan fingerprint density at radius 1 is 0.930 bits per heavy atom. The molecule has 0 radical (unpaired) electrons. The van der Waals surface area contributed by atoms with Gasteiger partial charge in [0.15, 0.2) is 0 Å². The van der Waals surface area contributed by atoms with Crippen molar-refractivity contribution in [1.29, 1.82) is 0 Å². The number of hydrogen-bond acceptors (Lipinski definition) is 5. The Morgan fingerprint density at radius 3 is 2.40 bits per heavy atom. The number of likely N-dealkylation sites (N-methyl/N-ethyl adjacent to an activating group) is 1. The molecule has 8 nitrogen and oxygen atoms in total. The van der Waals surface area contributed by atoms with Gasteiger partial charge in [0, 0.05) is 42.0 Å². The van der Waals surface area contributed by atoms with Gasteiger partial charge in [-0.3, -0.25) is 14.4 Å². The van der Waals surface area contributed by atoms with Crippen LogP contribution in [0.3, 0.4) is 0 Å². The summed E-state index contributed by atoms with van der Waals surface area (Å²) in [4.78, 5) is 43.6. The molecule has 2 N–H and O–H groups in total. The van der Waals surface area contributed by atoms with Crippen LogP contribution in [-0.4, -0.2) is 42.8 Å². The van der Waals surface area contributed by atoms with Gasteiger partial charge < -0.3 is 20.3 Å². The highest BCUT2D eigenvalue weighted by Crippen LogP contribution is 2.30. The van der Waals surface area contributed by atoms with E-state index in [1.54, 1.807) is 42.3 Å². The van der Waals surface area contributed by atoms with Crippen LogP contribution in [0, 0.1) is 27.7 Å². The summed E-state index contributed by atoms with van der Waals surface area (Å²) in [5.41, 5.74) is 7.95. The molecule has 0 saturated heterocycles. The molecule has 0 aliphatic rings. The normalized spacial score (nSPS) is 11.0. The summed E-state index contributed by atoms with van der Waals surface area (Å²) in [5.74, 6) is -0.0738. The van der Waals surface area contributed by atoms with E-state index in [1.807, 2.05) is 58.0 Å².